The Morgan fingerprint density at radius 1 is 1.45 bits per heavy atom. The third-order valence-electron chi connectivity index (χ3n) is 3.36. The van der Waals surface area contributed by atoms with Crippen LogP contribution in [0.4, 0.5) is 5.69 Å². The lowest BCUT2D eigenvalue weighted by molar-refractivity contribution is -0.116. The zero-order chi connectivity index (χ0) is 14.5. The first kappa shape index (κ1) is 14.6. The van der Waals surface area contributed by atoms with Gasteiger partial charge in [-0.1, -0.05) is 32.0 Å². The molecule has 2 aromatic rings. The van der Waals surface area contributed by atoms with Crippen molar-refractivity contribution in [1.82, 2.24) is 9.55 Å². The summed E-state index contributed by atoms with van der Waals surface area (Å²) in [6.45, 7) is 4.44. The van der Waals surface area contributed by atoms with Crippen LogP contribution in [0.15, 0.2) is 36.7 Å². The second-order valence-electron chi connectivity index (χ2n) is 4.77. The minimum Gasteiger partial charge on any atom is -0.324 e. The van der Waals surface area contributed by atoms with Gasteiger partial charge in [-0.2, -0.15) is 0 Å². The minimum atomic E-state index is -0.111. The molecule has 0 spiro atoms. The maximum absolute atomic E-state index is 12.1. The molecule has 106 valence electrons. The van der Waals surface area contributed by atoms with Crippen LogP contribution in [-0.2, 0) is 11.3 Å². The van der Waals surface area contributed by atoms with E-state index in [-0.39, 0.29) is 12.5 Å². The van der Waals surface area contributed by atoms with Gasteiger partial charge in [-0.15, -0.1) is 0 Å². The van der Waals surface area contributed by atoms with Gasteiger partial charge in [-0.25, -0.2) is 4.98 Å². The van der Waals surface area contributed by atoms with E-state index >= 15 is 0 Å². The number of anilines is 1. The molecule has 0 aliphatic rings. The van der Waals surface area contributed by atoms with Crippen LogP contribution in [0.1, 0.15) is 31.7 Å². The highest BCUT2D eigenvalue weighted by molar-refractivity contribution is 6.28. The molecule has 0 saturated heterocycles. The lowest BCUT2D eigenvalue weighted by Gasteiger charge is -2.15. The quantitative estimate of drug-likeness (QED) is 0.913. The van der Waals surface area contributed by atoms with Gasteiger partial charge in [0, 0.05) is 18.1 Å². The first-order valence-corrected chi connectivity index (χ1v) is 7.05. The summed E-state index contributed by atoms with van der Waals surface area (Å²) in [6, 6.07) is 7.89. The van der Waals surface area contributed by atoms with Gasteiger partial charge in [0.05, 0.1) is 0 Å². The number of benzene rings is 1. The fraction of sp³-hybridized carbons (Fsp3) is 0.333. The van der Waals surface area contributed by atoms with Crippen molar-refractivity contribution in [3.63, 3.8) is 0 Å². The van der Waals surface area contributed by atoms with Crippen molar-refractivity contribution in [3.05, 3.63) is 47.5 Å². The van der Waals surface area contributed by atoms with Crippen molar-refractivity contribution in [2.45, 2.75) is 32.7 Å². The lowest BCUT2D eigenvalue weighted by atomic mass is 9.97. The molecule has 0 fully saturated rings. The molecule has 4 nitrogen and oxygen atoms in total. The van der Waals surface area contributed by atoms with Crippen molar-refractivity contribution < 1.29 is 4.79 Å². The number of imidazole rings is 1. The summed E-state index contributed by atoms with van der Waals surface area (Å²) in [7, 11) is 0. The van der Waals surface area contributed by atoms with Gasteiger partial charge >= 0.3 is 0 Å². The first-order valence-electron chi connectivity index (χ1n) is 6.67. The number of hydrogen-bond acceptors (Lipinski definition) is 2. The molecule has 0 aliphatic heterocycles. The fourth-order valence-corrected chi connectivity index (χ4v) is 2.21. The highest BCUT2D eigenvalue weighted by Crippen LogP contribution is 2.26. The SMILES string of the molecule is CCC(C)c1ccccc1NC(=O)Cn1ccnc1Cl. The molecule has 2 rings (SSSR count). The number of aromatic nitrogens is 2. The number of hydrogen-bond donors (Lipinski definition) is 1. The van der Waals surface area contributed by atoms with Crippen LogP contribution >= 0.6 is 11.6 Å². The Balaban J connectivity index is 2.10. The third-order valence-corrected chi connectivity index (χ3v) is 3.67. The highest BCUT2D eigenvalue weighted by Gasteiger charge is 2.12. The maximum Gasteiger partial charge on any atom is 0.244 e. The van der Waals surface area contributed by atoms with E-state index in [0.717, 1.165) is 17.7 Å². The Bertz CT molecular complexity index is 594. The average Bonchev–Trinajstić information content (AvgIpc) is 2.84. The van der Waals surface area contributed by atoms with Crippen molar-refractivity contribution in [2.24, 2.45) is 0 Å². The van der Waals surface area contributed by atoms with Crippen LogP contribution in [0.2, 0.25) is 5.28 Å². The second kappa shape index (κ2) is 6.57. The molecule has 5 heteroatoms. The standard InChI is InChI=1S/C15H18ClN3O/c1-3-11(2)12-6-4-5-7-13(12)18-14(20)10-19-9-8-17-15(19)16/h4-9,11H,3,10H2,1-2H3,(H,18,20). The third kappa shape index (κ3) is 3.39. The molecule has 0 aliphatic carbocycles. The van der Waals surface area contributed by atoms with Crippen LogP contribution in [0.25, 0.3) is 0 Å². The molecule has 1 heterocycles. The number of halogens is 1. The smallest absolute Gasteiger partial charge is 0.244 e. The van der Waals surface area contributed by atoms with Crippen molar-refractivity contribution in [3.8, 4) is 0 Å². The molecule has 20 heavy (non-hydrogen) atoms. The summed E-state index contributed by atoms with van der Waals surface area (Å²) < 4.78 is 1.60. The summed E-state index contributed by atoms with van der Waals surface area (Å²) in [5.74, 6) is 0.295. The summed E-state index contributed by atoms with van der Waals surface area (Å²) in [6.07, 6.45) is 4.28. The van der Waals surface area contributed by atoms with Crippen LogP contribution in [0.3, 0.4) is 0 Å². The summed E-state index contributed by atoms with van der Waals surface area (Å²) in [4.78, 5) is 16.0. The molecular formula is C15H18ClN3O. The molecular weight excluding hydrogens is 274 g/mol. The van der Waals surface area contributed by atoms with Crippen molar-refractivity contribution in [1.29, 1.82) is 0 Å². The first-order chi connectivity index (χ1) is 9.61. The maximum atomic E-state index is 12.1. The van der Waals surface area contributed by atoms with E-state index in [1.165, 1.54) is 0 Å². The van der Waals surface area contributed by atoms with E-state index in [1.807, 2.05) is 24.3 Å². The number of carbonyl (C=O) groups is 1. The van der Waals surface area contributed by atoms with E-state index in [4.69, 9.17) is 11.6 Å². The van der Waals surface area contributed by atoms with Gasteiger partial charge in [-0.3, -0.25) is 4.79 Å². The van der Waals surface area contributed by atoms with Gasteiger partial charge in [-0.05, 0) is 35.6 Å². The number of rotatable bonds is 5. The average molecular weight is 292 g/mol. The number of amides is 1. The summed E-state index contributed by atoms with van der Waals surface area (Å²) in [5, 5.41) is 3.26. The lowest BCUT2D eigenvalue weighted by Crippen LogP contribution is -2.19. The van der Waals surface area contributed by atoms with E-state index in [0.29, 0.717) is 11.2 Å². The summed E-state index contributed by atoms with van der Waals surface area (Å²) >= 11 is 5.86. The minimum absolute atomic E-state index is 0.111. The fourth-order valence-electron chi connectivity index (χ4n) is 2.03. The van der Waals surface area contributed by atoms with E-state index in [1.54, 1.807) is 17.0 Å². The van der Waals surface area contributed by atoms with Crippen molar-refractivity contribution in [2.75, 3.05) is 5.32 Å². The van der Waals surface area contributed by atoms with Crippen molar-refractivity contribution >= 4 is 23.2 Å². The molecule has 1 unspecified atom stereocenters. The Morgan fingerprint density at radius 3 is 2.85 bits per heavy atom. The molecule has 1 N–H and O–H groups in total. The Labute approximate surface area is 123 Å². The van der Waals surface area contributed by atoms with Gasteiger partial charge in [0.15, 0.2) is 0 Å². The molecule has 0 saturated carbocycles. The van der Waals surface area contributed by atoms with E-state index in [2.05, 4.69) is 24.1 Å². The molecule has 0 radical (unpaired) electrons. The van der Waals surface area contributed by atoms with Crippen LogP contribution in [0.5, 0.6) is 0 Å². The van der Waals surface area contributed by atoms with Crippen LogP contribution in [0, 0.1) is 0 Å². The molecule has 1 aromatic carbocycles. The Morgan fingerprint density at radius 2 is 2.20 bits per heavy atom. The molecule has 1 aromatic heterocycles. The summed E-state index contributed by atoms with van der Waals surface area (Å²) in [5.41, 5.74) is 2.02. The second-order valence-corrected chi connectivity index (χ2v) is 5.11. The van der Waals surface area contributed by atoms with Gasteiger partial charge in [0.2, 0.25) is 11.2 Å². The number of carbonyl (C=O) groups excluding carboxylic acids is 1. The highest BCUT2D eigenvalue weighted by atomic mass is 35.5. The van der Waals surface area contributed by atoms with Crippen LogP contribution < -0.4 is 5.32 Å². The van der Waals surface area contributed by atoms with Crippen LogP contribution in [-0.4, -0.2) is 15.5 Å². The topological polar surface area (TPSA) is 46.9 Å². The predicted molar refractivity (Wildman–Crippen MR) is 81.0 cm³/mol. The molecule has 1 atom stereocenters. The van der Waals surface area contributed by atoms with E-state index in [9.17, 15) is 4.79 Å². The normalized spacial score (nSPS) is 12.2. The monoisotopic (exact) mass is 291 g/mol. The predicted octanol–water partition coefficient (Wildman–Crippen LogP) is 3.69. The Kier molecular flexibility index (Phi) is 4.79. The molecule has 0 bridgehead atoms. The molecule has 1 amide bonds. The van der Waals surface area contributed by atoms with Gasteiger partial charge < -0.3 is 9.88 Å². The zero-order valence-electron chi connectivity index (χ0n) is 11.6. The number of nitrogens with one attached hydrogen (secondary N) is 1. The zero-order valence-corrected chi connectivity index (χ0v) is 12.4. The Hall–Kier alpha value is -1.81. The number of nitrogens with zero attached hydrogens (tertiary/aromatic N) is 2. The van der Waals surface area contributed by atoms with Gasteiger partial charge in [0.1, 0.15) is 6.54 Å². The number of para-hydroxylation sites is 1. The van der Waals surface area contributed by atoms with E-state index < -0.39 is 0 Å². The van der Waals surface area contributed by atoms with Gasteiger partial charge in [0.25, 0.3) is 0 Å². The largest absolute Gasteiger partial charge is 0.324 e.